The maximum Gasteiger partial charge on any atom is 0.247 e. The molecule has 6 nitrogen and oxygen atoms in total. The number of hydrogen-bond acceptors (Lipinski definition) is 6. The highest BCUT2D eigenvalue weighted by atomic mass is 32.2. The van der Waals surface area contributed by atoms with Crippen LogP contribution in [0, 0.1) is 13.8 Å². The Labute approximate surface area is 187 Å². The molecule has 31 heavy (non-hydrogen) atoms. The van der Waals surface area contributed by atoms with E-state index in [-0.39, 0.29) is 5.91 Å². The minimum Gasteiger partial charge on any atom is -0.447 e. The van der Waals surface area contributed by atoms with E-state index in [0.717, 1.165) is 46.5 Å². The van der Waals surface area contributed by atoms with E-state index in [1.807, 2.05) is 50.2 Å². The Morgan fingerprint density at radius 3 is 2.65 bits per heavy atom. The van der Waals surface area contributed by atoms with Crippen LogP contribution >= 0.6 is 11.8 Å². The van der Waals surface area contributed by atoms with Crippen LogP contribution in [0.15, 0.2) is 47.6 Å². The van der Waals surface area contributed by atoms with Crippen LogP contribution in [0.25, 0.3) is 11.3 Å². The molecular formula is C24H26N4O2S. The van der Waals surface area contributed by atoms with Crippen LogP contribution in [0.3, 0.4) is 0 Å². The second-order valence-electron chi connectivity index (χ2n) is 7.70. The van der Waals surface area contributed by atoms with Gasteiger partial charge in [0.2, 0.25) is 23.2 Å². The number of fused-ring (bicyclic) bond motifs is 3. The Balaban J connectivity index is 1.92. The van der Waals surface area contributed by atoms with E-state index in [4.69, 9.17) is 9.72 Å². The Morgan fingerprint density at radius 1 is 1.16 bits per heavy atom. The van der Waals surface area contributed by atoms with E-state index in [2.05, 4.69) is 23.2 Å². The number of unbranched alkanes of at least 4 members (excludes halogenated alkanes) is 1. The summed E-state index contributed by atoms with van der Waals surface area (Å²) >= 11 is 1.57. The van der Waals surface area contributed by atoms with Gasteiger partial charge in [0.25, 0.3) is 0 Å². The number of aryl methyl sites for hydroxylation is 2. The van der Waals surface area contributed by atoms with E-state index < -0.39 is 6.23 Å². The van der Waals surface area contributed by atoms with E-state index in [1.54, 1.807) is 23.6 Å². The number of amides is 1. The summed E-state index contributed by atoms with van der Waals surface area (Å²) in [4.78, 5) is 19.3. The molecule has 3 aromatic rings. The van der Waals surface area contributed by atoms with E-state index >= 15 is 0 Å². The Kier molecular flexibility index (Phi) is 6.23. The highest BCUT2D eigenvalue weighted by molar-refractivity contribution is 7.99. The third-order valence-corrected chi connectivity index (χ3v) is 6.11. The van der Waals surface area contributed by atoms with Gasteiger partial charge >= 0.3 is 0 Å². The molecule has 0 fully saturated rings. The first-order valence-corrected chi connectivity index (χ1v) is 11.5. The van der Waals surface area contributed by atoms with Gasteiger partial charge < -0.3 is 4.74 Å². The van der Waals surface area contributed by atoms with Crippen LogP contribution in [0.5, 0.6) is 5.88 Å². The van der Waals surface area contributed by atoms with E-state index in [0.29, 0.717) is 16.7 Å². The molecule has 4 rings (SSSR count). The number of anilines is 1. The summed E-state index contributed by atoms with van der Waals surface area (Å²) in [6.45, 7) is 7.75. The summed E-state index contributed by atoms with van der Waals surface area (Å²) in [5, 5.41) is 9.44. The normalized spacial score (nSPS) is 15.0. The molecule has 1 atom stereocenters. The minimum absolute atomic E-state index is 0.111. The monoisotopic (exact) mass is 434 g/mol. The molecule has 1 amide bonds. The zero-order valence-corrected chi connectivity index (χ0v) is 19.1. The highest BCUT2D eigenvalue weighted by Gasteiger charge is 2.35. The summed E-state index contributed by atoms with van der Waals surface area (Å²) in [6, 6.07) is 13.8. The van der Waals surface area contributed by atoms with Crippen LogP contribution in [0.4, 0.5) is 5.69 Å². The van der Waals surface area contributed by atoms with Crippen LogP contribution in [-0.2, 0) is 4.79 Å². The summed E-state index contributed by atoms with van der Waals surface area (Å²) in [5.74, 6) is 1.21. The van der Waals surface area contributed by atoms with Gasteiger partial charge in [0.05, 0.1) is 5.69 Å². The van der Waals surface area contributed by atoms with Gasteiger partial charge in [-0.05, 0) is 31.9 Å². The third kappa shape index (κ3) is 4.28. The molecule has 0 N–H and O–H groups in total. The Bertz CT molecular complexity index is 1100. The van der Waals surface area contributed by atoms with Crippen molar-refractivity contribution < 1.29 is 9.53 Å². The zero-order valence-electron chi connectivity index (χ0n) is 18.3. The minimum atomic E-state index is -0.648. The van der Waals surface area contributed by atoms with Gasteiger partial charge in [0.1, 0.15) is 0 Å². The number of nitrogens with zero attached hydrogens (tertiary/aromatic N) is 4. The van der Waals surface area contributed by atoms with Crippen LogP contribution < -0.4 is 9.64 Å². The zero-order chi connectivity index (χ0) is 22.0. The summed E-state index contributed by atoms with van der Waals surface area (Å²) in [7, 11) is 0. The van der Waals surface area contributed by atoms with Crippen molar-refractivity contribution in [3.05, 3.63) is 59.2 Å². The van der Waals surface area contributed by atoms with Crippen molar-refractivity contribution >= 4 is 23.4 Å². The van der Waals surface area contributed by atoms with Crippen molar-refractivity contribution in [2.75, 3.05) is 10.7 Å². The molecule has 0 saturated carbocycles. The molecule has 0 radical (unpaired) electrons. The number of ether oxygens (including phenoxy) is 1. The topological polar surface area (TPSA) is 68.2 Å². The predicted molar refractivity (Wildman–Crippen MR) is 123 cm³/mol. The first-order valence-electron chi connectivity index (χ1n) is 10.5. The molecule has 160 valence electrons. The molecular weight excluding hydrogens is 408 g/mol. The first-order chi connectivity index (χ1) is 15.0. The maximum atomic E-state index is 12.9. The van der Waals surface area contributed by atoms with E-state index in [1.165, 1.54) is 0 Å². The quantitative estimate of drug-likeness (QED) is 0.391. The SMILES string of the molecule is CCCCSc1nnc2c(n1)O[C@@H](c1ccccc1)N(C(C)=O)c1c(C)cc(C)cc1-2. The number of carbonyl (C=O) groups excluding carboxylic acids is 1. The molecule has 2 aromatic carbocycles. The van der Waals surface area contributed by atoms with Gasteiger partial charge in [-0.15, -0.1) is 10.2 Å². The second-order valence-corrected chi connectivity index (χ2v) is 8.76. The lowest BCUT2D eigenvalue weighted by Gasteiger charge is -2.31. The molecule has 1 aromatic heterocycles. The lowest BCUT2D eigenvalue weighted by atomic mass is 10.00. The third-order valence-electron chi connectivity index (χ3n) is 5.19. The molecule has 0 saturated heterocycles. The second kappa shape index (κ2) is 9.06. The standard InChI is InChI=1S/C24H26N4O2S/c1-5-6-12-31-24-25-22-20(26-27-24)19-14-15(2)13-16(3)21(19)28(17(4)29)23(30-22)18-10-8-7-9-11-18/h7-11,13-14,23H,5-6,12H2,1-4H3/t23-/m0/s1. The average molecular weight is 435 g/mol. The first kappa shape index (κ1) is 21.3. The van der Waals surface area contributed by atoms with Crippen molar-refractivity contribution in [3.8, 4) is 17.1 Å². The molecule has 0 spiro atoms. The molecule has 1 aliphatic rings. The summed E-state index contributed by atoms with van der Waals surface area (Å²) in [6.07, 6.45) is 1.54. The predicted octanol–water partition coefficient (Wildman–Crippen LogP) is 5.49. The fourth-order valence-corrected chi connectivity index (χ4v) is 4.67. The lowest BCUT2D eigenvalue weighted by molar-refractivity contribution is -0.118. The number of aromatic nitrogens is 3. The van der Waals surface area contributed by atoms with Crippen molar-refractivity contribution in [1.82, 2.24) is 15.2 Å². The highest BCUT2D eigenvalue weighted by Crippen LogP contribution is 2.45. The maximum absolute atomic E-state index is 12.9. The molecule has 7 heteroatoms. The number of thioether (sulfide) groups is 1. The number of benzene rings is 2. The van der Waals surface area contributed by atoms with Gasteiger partial charge in [-0.3, -0.25) is 9.69 Å². The lowest BCUT2D eigenvalue weighted by Crippen LogP contribution is -2.36. The molecule has 1 aliphatic heterocycles. The molecule has 2 heterocycles. The van der Waals surface area contributed by atoms with Crippen molar-refractivity contribution in [3.63, 3.8) is 0 Å². The summed E-state index contributed by atoms with van der Waals surface area (Å²) < 4.78 is 6.42. The van der Waals surface area contributed by atoms with Crippen LogP contribution in [0.2, 0.25) is 0 Å². The van der Waals surface area contributed by atoms with Crippen molar-refractivity contribution in [2.24, 2.45) is 0 Å². The van der Waals surface area contributed by atoms with Gasteiger partial charge in [-0.1, -0.05) is 67.1 Å². The molecule has 0 bridgehead atoms. The number of carbonyl (C=O) groups is 1. The van der Waals surface area contributed by atoms with Gasteiger partial charge in [0, 0.05) is 23.8 Å². The van der Waals surface area contributed by atoms with Crippen LogP contribution in [0.1, 0.15) is 49.6 Å². The van der Waals surface area contributed by atoms with Crippen molar-refractivity contribution in [2.45, 2.75) is 51.9 Å². The van der Waals surface area contributed by atoms with Gasteiger partial charge in [-0.25, -0.2) is 0 Å². The van der Waals surface area contributed by atoms with Gasteiger partial charge in [-0.2, -0.15) is 4.98 Å². The molecule has 0 unspecified atom stereocenters. The average Bonchev–Trinajstić information content (AvgIpc) is 2.89. The fraction of sp³-hybridized carbons (Fsp3) is 0.333. The number of hydrogen-bond donors (Lipinski definition) is 0. The largest absolute Gasteiger partial charge is 0.447 e. The number of rotatable bonds is 5. The Morgan fingerprint density at radius 2 is 1.94 bits per heavy atom. The Hall–Kier alpha value is -2.93. The molecule has 0 aliphatic carbocycles. The van der Waals surface area contributed by atoms with Crippen LogP contribution in [-0.4, -0.2) is 26.8 Å². The summed E-state index contributed by atoms with van der Waals surface area (Å²) in [5.41, 5.74) is 5.08. The smallest absolute Gasteiger partial charge is 0.247 e. The fourth-order valence-electron chi connectivity index (χ4n) is 3.81. The van der Waals surface area contributed by atoms with Crippen molar-refractivity contribution in [1.29, 1.82) is 0 Å². The van der Waals surface area contributed by atoms with Gasteiger partial charge in [0.15, 0.2) is 5.69 Å². The van der Waals surface area contributed by atoms with E-state index in [9.17, 15) is 4.79 Å².